The highest BCUT2D eigenvalue weighted by Crippen LogP contribution is 2.43. The van der Waals surface area contributed by atoms with Crippen LogP contribution in [0.25, 0.3) is 0 Å². The fraction of sp³-hybridized carbons (Fsp3) is 0.675. The van der Waals surface area contributed by atoms with Crippen molar-refractivity contribution in [2.24, 2.45) is 17.8 Å². The molecule has 1 aliphatic carbocycles. The lowest BCUT2D eigenvalue weighted by Crippen LogP contribution is -2.46. The Labute approximate surface area is 313 Å². The van der Waals surface area contributed by atoms with Gasteiger partial charge in [0.2, 0.25) is 0 Å². The third-order valence-electron chi connectivity index (χ3n) is 11.2. The Morgan fingerprint density at radius 2 is 1.84 bits per heavy atom. The number of rotatable bonds is 17. The summed E-state index contributed by atoms with van der Waals surface area (Å²) >= 11 is 6.51. The molecule has 0 bridgehead atoms. The monoisotopic (exact) mass is 745 g/mol. The van der Waals surface area contributed by atoms with Crippen molar-refractivity contribution in [2.75, 3.05) is 65.6 Å². The van der Waals surface area contributed by atoms with Crippen LogP contribution in [-0.2, 0) is 31.6 Å². The second-order valence-corrected chi connectivity index (χ2v) is 16.9. The molecule has 2 aromatic rings. The molecule has 2 fully saturated rings. The van der Waals surface area contributed by atoms with Gasteiger partial charge in [0.05, 0.1) is 43.4 Å². The number of carbonyl (C=O) groups excluding carboxylic acids is 1. The Kier molecular flexibility index (Phi) is 15.1. The number of hydrogen-bond acceptors (Lipinski definition) is 8. The first-order chi connectivity index (χ1) is 24.6. The van der Waals surface area contributed by atoms with Gasteiger partial charge >= 0.3 is 0 Å². The number of aryl methyl sites for hydroxylation is 1. The molecule has 51 heavy (non-hydrogen) atoms. The van der Waals surface area contributed by atoms with Crippen molar-refractivity contribution in [3.63, 3.8) is 0 Å². The van der Waals surface area contributed by atoms with Gasteiger partial charge in [0, 0.05) is 43.1 Å². The van der Waals surface area contributed by atoms with Gasteiger partial charge in [-0.3, -0.25) is 9.52 Å². The third-order valence-corrected chi connectivity index (χ3v) is 12.9. The summed E-state index contributed by atoms with van der Waals surface area (Å²) in [5.41, 5.74) is 3.91. The van der Waals surface area contributed by atoms with E-state index in [1.165, 1.54) is 11.1 Å². The van der Waals surface area contributed by atoms with E-state index in [9.17, 15) is 9.00 Å². The topological polar surface area (TPSA) is 89.6 Å². The number of ether oxygens (including phenoxy) is 4. The van der Waals surface area contributed by atoms with Gasteiger partial charge in [-0.1, -0.05) is 51.3 Å². The average molecular weight is 746 g/mol. The molecule has 11 heteroatoms. The van der Waals surface area contributed by atoms with Crippen molar-refractivity contribution in [3.05, 3.63) is 58.1 Å². The van der Waals surface area contributed by atoms with Crippen molar-refractivity contribution >= 4 is 34.2 Å². The molecule has 5 rings (SSSR count). The van der Waals surface area contributed by atoms with Gasteiger partial charge in [-0.15, -0.1) is 0 Å². The number of fused-ring (bicyclic) bond motifs is 1. The van der Waals surface area contributed by atoms with Crippen LogP contribution >= 0.6 is 11.6 Å². The Bertz CT molecular complexity index is 1450. The first-order valence-corrected chi connectivity index (χ1v) is 20.6. The molecule has 1 saturated carbocycles. The molecule has 284 valence electrons. The number of hydrogen-bond donors (Lipinski definition) is 1. The van der Waals surface area contributed by atoms with Gasteiger partial charge in [-0.25, -0.2) is 4.21 Å². The maximum Gasteiger partial charge on any atom is 0.263 e. The van der Waals surface area contributed by atoms with E-state index in [1.807, 2.05) is 18.2 Å². The number of anilines is 1. The minimum absolute atomic E-state index is 0.118. The van der Waals surface area contributed by atoms with E-state index in [2.05, 4.69) is 61.5 Å². The van der Waals surface area contributed by atoms with Crippen molar-refractivity contribution in [1.29, 1.82) is 0 Å². The molecule has 2 aliphatic heterocycles. The molecular weight excluding hydrogens is 686 g/mol. The maximum atomic E-state index is 13.7. The second-order valence-electron chi connectivity index (χ2n) is 15.1. The zero-order valence-electron chi connectivity index (χ0n) is 31.5. The highest BCUT2D eigenvalue weighted by atomic mass is 35.5. The van der Waals surface area contributed by atoms with Crippen molar-refractivity contribution in [1.82, 2.24) is 9.62 Å². The number of benzene rings is 2. The van der Waals surface area contributed by atoms with Crippen molar-refractivity contribution in [2.45, 2.75) is 95.6 Å². The summed E-state index contributed by atoms with van der Waals surface area (Å²) in [6.45, 7) is 10.2. The lowest BCUT2D eigenvalue weighted by atomic mass is 9.71. The zero-order valence-corrected chi connectivity index (χ0v) is 33.1. The molecule has 9 nitrogen and oxygen atoms in total. The molecule has 0 aromatic heterocycles. The quantitative estimate of drug-likeness (QED) is 0.182. The highest BCUT2D eigenvalue weighted by Gasteiger charge is 2.38. The van der Waals surface area contributed by atoms with E-state index < -0.39 is 11.0 Å². The molecule has 3 aliphatic rings. The lowest BCUT2D eigenvalue weighted by Gasteiger charge is -2.43. The molecule has 1 saturated heterocycles. The number of likely N-dealkylation sites (N-methyl/N-ethyl adjacent to an activating group) is 1. The first-order valence-electron chi connectivity index (χ1n) is 19.0. The maximum absolute atomic E-state index is 13.7. The fourth-order valence-corrected chi connectivity index (χ4v) is 9.17. The van der Waals surface area contributed by atoms with Gasteiger partial charge in [-0.05, 0) is 105 Å². The van der Waals surface area contributed by atoms with Crippen LogP contribution in [0.2, 0.25) is 5.02 Å². The number of methoxy groups -OCH3 is 1. The molecule has 6 unspecified atom stereocenters. The van der Waals surface area contributed by atoms with E-state index >= 15 is 0 Å². The number of nitrogens with zero attached hydrogens (tertiary/aromatic N) is 2. The summed E-state index contributed by atoms with van der Waals surface area (Å²) in [7, 11) is 4.14. The SMILES string of the molecule is CCCCc1cc(Cl)ccc1C1COc2ccc(C(=O)NS(=O)C(COC)C(C)CCC)cc2N(CC2CCC2CC2OCC(N(C)C)CO2)C1. The van der Waals surface area contributed by atoms with Gasteiger partial charge < -0.3 is 28.7 Å². The molecule has 1 N–H and O–H groups in total. The van der Waals surface area contributed by atoms with Crippen molar-refractivity contribution in [3.8, 4) is 5.75 Å². The summed E-state index contributed by atoms with van der Waals surface area (Å²) in [6, 6.07) is 12.2. The lowest BCUT2D eigenvalue weighted by molar-refractivity contribution is -0.212. The minimum Gasteiger partial charge on any atom is -0.491 e. The molecule has 1 amide bonds. The van der Waals surface area contributed by atoms with E-state index in [-0.39, 0.29) is 35.3 Å². The van der Waals surface area contributed by atoms with Gasteiger partial charge in [0.1, 0.15) is 16.7 Å². The molecule has 0 spiro atoms. The van der Waals surface area contributed by atoms with Crippen LogP contribution < -0.4 is 14.4 Å². The van der Waals surface area contributed by atoms with Gasteiger partial charge in [0.25, 0.3) is 5.91 Å². The summed E-state index contributed by atoms with van der Waals surface area (Å²) in [6.07, 6.45) is 8.06. The first kappa shape index (κ1) is 40.0. The normalized spacial score (nSPS) is 25.3. The molecule has 2 heterocycles. The Hall–Kier alpha value is -2.21. The minimum atomic E-state index is -1.59. The van der Waals surface area contributed by atoms with Crippen LogP contribution in [-0.4, -0.2) is 93.3 Å². The summed E-state index contributed by atoms with van der Waals surface area (Å²) in [5, 5.41) is 0.466. The number of nitrogens with one attached hydrogen (secondary N) is 1. The Morgan fingerprint density at radius 1 is 1.08 bits per heavy atom. The zero-order chi connectivity index (χ0) is 36.5. The van der Waals surface area contributed by atoms with E-state index in [0.717, 1.165) is 80.9 Å². The largest absolute Gasteiger partial charge is 0.491 e. The van der Waals surface area contributed by atoms with Gasteiger partial charge in [0.15, 0.2) is 6.29 Å². The highest BCUT2D eigenvalue weighted by molar-refractivity contribution is 7.84. The Balaban J connectivity index is 1.38. The predicted octanol–water partition coefficient (Wildman–Crippen LogP) is 7.23. The smallest absolute Gasteiger partial charge is 0.263 e. The summed E-state index contributed by atoms with van der Waals surface area (Å²) in [4.78, 5) is 18.2. The third kappa shape index (κ3) is 10.5. The van der Waals surface area contributed by atoms with E-state index in [0.29, 0.717) is 43.8 Å². The molecule has 0 radical (unpaired) electrons. The second kappa shape index (κ2) is 19.2. The van der Waals surface area contributed by atoms with Crippen LogP contribution in [0.3, 0.4) is 0 Å². The number of halogens is 1. The van der Waals surface area contributed by atoms with E-state index in [1.54, 1.807) is 13.2 Å². The number of amides is 1. The number of carbonyl (C=O) groups is 1. The van der Waals surface area contributed by atoms with E-state index in [4.69, 9.17) is 30.5 Å². The van der Waals surface area contributed by atoms with Crippen LogP contribution in [0.1, 0.15) is 93.1 Å². The number of unbranched alkanes of at least 4 members (excludes halogenated alkanes) is 1. The summed E-state index contributed by atoms with van der Waals surface area (Å²) < 4.78 is 40.5. The van der Waals surface area contributed by atoms with Crippen molar-refractivity contribution < 1.29 is 28.0 Å². The van der Waals surface area contributed by atoms with Crippen LogP contribution in [0.15, 0.2) is 36.4 Å². The summed E-state index contributed by atoms with van der Waals surface area (Å²) in [5.74, 6) is 1.62. The fourth-order valence-electron chi connectivity index (χ4n) is 7.71. The molecule has 2 aromatic carbocycles. The average Bonchev–Trinajstić information content (AvgIpc) is 3.29. The van der Waals surface area contributed by atoms with Crippen LogP contribution in [0.4, 0.5) is 5.69 Å². The molecule has 6 atom stereocenters. The molecular formula is C40H60ClN3O6S. The predicted molar refractivity (Wildman–Crippen MR) is 206 cm³/mol. The standard InChI is InChI=1S/C40H60ClN3O6S/c1-7-9-11-29-18-33(41)15-16-35(29)32-22-44(21-31-13-12-28(31)20-39-49-24-34(25-50-39)43(4)5)36-19-30(14-17-37(36)48-23-32)40(45)42-51(46)38(26-47-6)27(3)10-8-2/h14-19,27-28,31-32,34,38-39H,7-13,20-26H2,1-6H3,(H,42,45). The van der Waals surface area contributed by atoms with Crippen LogP contribution in [0, 0.1) is 17.8 Å². The van der Waals surface area contributed by atoms with Gasteiger partial charge in [-0.2, -0.15) is 0 Å². The van der Waals surface area contributed by atoms with Crippen LogP contribution in [0.5, 0.6) is 5.75 Å². The Morgan fingerprint density at radius 3 is 2.51 bits per heavy atom.